The number of Topliss-reactive ketones (excluding diaryl/α,β-unsaturated/α-hetero) is 1. The molecular weight excluding hydrogens is 420 g/mol. The van der Waals surface area contributed by atoms with E-state index >= 15 is 0 Å². The normalized spacial score (nSPS) is 13.9. The molecule has 0 N–H and O–H groups in total. The number of rotatable bonds is 5. The first-order valence-corrected chi connectivity index (χ1v) is 9.51. The zero-order valence-electron chi connectivity index (χ0n) is 15.1. The molecule has 0 saturated carbocycles. The molecule has 28 heavy (non-hydrogen) atoms. The van der Waals surface area contributed by atoms with Gasteiger partial charge in [-0.2, -0.15) is 0 Å². The van der Waals surface area contributed by atoms with Crippen molar-refractivity contribution in [3.8, 4) is 17.2 Å². The molecule has 140 valence electrons. The summed E-state index contributed by atoms with van der Waals surface area (Å²) in [4.78, 5) is 12.6. The monoisotopic (exact) mass is 436 g/mol. The Morgan fingerprint density at radius 1 is 0.964 bits per heavy atom. The fraction of sp³-hybridized carbons (Fsp3) is 0.0870. The molecule has 0 aromatic heterocycles. The maximum atomic E-state index is 12.6. The van der Waals surface area contributed by atoms with E-state index in [0.717, 1.165) is 21.3 Å². The minimum Gasteiger partial charge on any atom is -0.497 e. The third-order valence-electron chi connectivity index (χ3n) is 4.37. The number of ether oxygens (including phenoxy) is 3. The summed E-state index contributed by atoms with van der Waals surface area (Å²) >= 11 is 3.40. The van der Waals surface area contributed by atoms with Gasteiger partial charge in [0.05, 0.1) is 12.7 Å². The van der Waals surface area contributed by atoms with Crippen molar-refractivity contribution in [3.05, 3.63) is 93.7 Å². The van der Waals surface area contributed by atoms with Crippen LogP contribution < -0.4 is 14.2 Å². The van der Waals surface area contributed by atoms with E-state index in [1.807, 2.05) is 48.5 Å². The summed E-state index contributed by atoms with van der Waals surface area (Å²) in [6, 6.07) is 20.6. The van der Waals surface area contributed by atoms with Crippen LogP contribution in [0.1, 0.15) is 21.5 Å². The maximum absolute atomic E-state index is 12.6. The van der Waals surface area contributed by atoms with E-state index in [0.29, 0.717) is 29.4 Å². The van der Waals surface area contributed by atoms with Gasteiger partial charge in [-0.3, -0.25) is 4.79 Å². The van der Waals surface area contributed by atoms with Crippen LogP contribution in [0.5, 0.6) is 17.2 Å². The van der Waals surface area contributed by atoms with Crippen LogP contribution in [0.4, 0.5) is 0 Å². The first kappa shape index (κ1) is 18.3. The summed E-state index contributed by atoms with van der Waals surface area (Å²) in [6.45, 7) is 0.415. The highest BCUT2D eigenvalue weighted by molar-refractivity contribution is 9.10. The van der Waals surface area contributed by atoms with E-state index in [1.54, 1.807) is 31.4 Å². The molecule has 0 saturated heterocycles. The largest absolute Gasteiger partial charge is 0.497 e. The molecule has 5 heteroatoms. The predicted molar refractivity (Wildman–Crippen MR) is 111 cm³/mol. The molecule has 0 unspecified atom stereocenters. The van der Waals surface area contributed by atoms with E-state index in [2.05, 4.69) is 15.9 Å². The third-order valence-corrected chi connectivity index (χ3v) is 4.90. The molecule has 0 atom stereocenters. The van der Waals surface area contributed by atoms with E-state index in [9.17, 15) is 4.79 Å². The molecule has 0 amide bonds. The molecule has 0 bridgehead atoms. The predicted octanol–water partition coefficient (Wildman–Crippen LogP) is 5.65. The van der Waals surface area contributed by atoms with Crippen LogP contribution in [0, 0.1) is 0 Å². The molecule has 3 aromatic rings. The number of fused-ring (bicyclic) bond motifs is 1. The van der Waals surface area contributed by atoms with Crippen molar-refractivity contribution in [1.29, 1.82) is 0 Å². The van der Waals surface area contributed by atoms with Gasteiger partial charge in [-0.05, 0) is 53.6 Å². The lowest BCUT2D eigenvalue weighted by Gasteiger charge is -2.08. The molecule has 1 aliphatic heterocycles. The van der Waals surface area contributed by atoms with Gasteiger partial charge in [-0.1, -0.05) is 40.2 Å². The van der Waals surface area contributed by atoms with Gasteiger partial charge < -0.3 is 14.2 Å². The SMILES string of the molecule is COc1ccc(COc2ccc3c(c2)OC(=Cc2ccc(Br)cc2)C3=O)cc1. The third kappa shape index (κ3) is 3.94. The van der Waals surface area contributed by atoms with Crippen molar-refractivity contribution >= 4 is 27.8 Å². The Balaban J connectivity index is 1.47. The van der Waals surface area contributed by atoms with Gasteiger partial charge in [0.25, 0.3) is 0 Å². The van der Waals surface area contributed by atoms with E-state index in [4.69, 9.17) is 14.2 Å². The molecular formula is C23H17BrO4. The van der Waals surface area contributed by atoms with Crippen molar-refractivity contribution in [2.75, 3.05) is 7.11 Å². The van der Waals surface area contributed by atoms with Crippen LogP contribution >= 0.6 is 15.9 Å². The Morgan fingerprint density at radius 3 is 2.39 bits per heavy atom. The van der Waals surface area contributed by atoms with Crippen LogP contribution in [-0.4, -0.2) is 12.9 Å². The first-order valence-electron chi connectivity index (χ1n) is 8.72. The highest BCUT2D eigenvalue weighted by Gasteiger charge is 2.27. The number of ketones is 1. The van der Waals surface area contributed by atoms with Crippen molar-refractivity contribution in [1.82, 2.24) is 0 Å². The van der Waals surface area contributed by atoms with E-state index in [1.165, 1.54) is 0 Å². The average Bonchev–Trinajstić information content (AvgIpc) is 3.03. The number of carbonyl (C=O) groups excluding carboxylic acids is 1. The van der Waals surface area contributed by atoms with Gasteiger partial charge >= 0.3 is 0 Å². The van der Waals surface area contributed by atoms with Crippen LogP contribution in [0.15, 0.2) is 77.0 Å². The number of benzene rings is 3. The smallest absolute Gasteiger partial charge is 0.231 e. The summed E-state index contributed by atoms with van der Waals surface area (Å²) in [6.07, 6.45) is 1.74. The lowest BCUT2D eigenvalue weighted by Crippen LogP contribution is -1.98. The number of methoxy groups -OCH3 is 1. The van der Waals surface area contributed by atoms with Crippen LogP contribution in [0.2, 0.25) is 0 Å². The second-order valence-electron chi connectivity index (χ2n) is 6.29. The number of hydrogen-bond donors (Lipinski definition) is 0. The average molecular weight is 437 g/mol. The van der Waals surface area contributed by atoms with Gasteiger partial charge in [0.15, 0.2) is 5.76 Å². The summed E-state index contributed by atoms with van der Waals surface area (Å²) in [5.74, 6) is 2.15. The standard InChI is InChI=1S/C23H17BrO4/c1-26-18-8-4-16(5-9-18)14-27-19-10-11-20-21(13-19)28-22(23(20)25)12-15-2-6-17(24)7-3-15/h2-13H,14H2,1H3. The molecule has 3 aromatic carbocycles. The van der Waals surface area contributed by atoms with Crippen molar-refractivity contribution < 1.29 is 19.0 Å². The topological polar surface area (TPSA) is 44.8 Å². The minimum absolute atomic E-state index is 0.125. The van der Waals surface area contributed by atoms with Crippen molar-refractivity contribution in [3.63, 3.8) is 0 Å². The summed E-state index contributed by atoms with van der Waals surface area (Å²) in [7, 11) is 1.64. The molecule has 1 aliphatic rings. The number of carbonyl (C=O) groups is 1. The lowest BCUT2D eigenvalue weighted by molar-refractivity contribution is 0.101. The van der Waals surface area contributed by atoms with E-state index in [-0.39, 0.29) is 5.78 Å². The Labute approximate surface area is 171 Å². The number of hydrogen-bond acceptors (Lipinski definition) is 4. The molecule has 1 heterocycles. The molecule has 4 rings (SSSR count). The van der Waals surface area contributed by atoms with Crippen LogP contribution in [0.25, 0.3) is 6.08 Å². The number of halogens is 1. The molecule has 4 nitrogen and oxygen atoms in total. The second-order valence-corrected chi connectivity index (χ2v) is 7.20. The van der Waals surface area contributed by atoms with Gasteiger partial charge in [0, 0.05) is 10.5 Å². The van der Waals surface area contributed by atoms with Gasteiger partial charge in [0.2, 0.25) is 5.78 Å². The van der Waals surface area contributed by atoms with Crippen LogP contribution in [-0.2, 0) is 6.61 Å². The highest BCUT2D eigenvalue weighted by atomic mass is 79.9. The fourth-order valence-corrected chi connectivity index (χ4v) is 3.12. The maximum Gasteiger partial charge on any atom is 0.231 e. The van der Waals surface area contributed by atoms with E-state index < -0.39 is 0 Å². The Hall–Kier alpha value is -3.05. The summed E-state index contributed by atoms with van der Waals surface area (Å²) in [5, 5.41) is 0. The minimum atomic E-state index is -0.125. The summed E-state index contributed by atoms with van der Waals surface area (Å²) in [5.41, 5.74) is 2.46. The van der Waals surface area contributed by atoms with Gasteiger partial charge in [-0.25, -0.2) is 0 Å². The zero-order chi connectivity index (χ0) is 19.5. The molecule has 0 spiro atoms. The summed E-state index contributed by atoms with van der Waals surface area (Å²) < 4.78 is 17.8. The number of allylic oxidation sites excluding steroid dienone is 1. The quantitative estimate of drug-likeness (QED) is 0.484. The Kier molecular flexibility index (Phi) is 5.17. The van der Waals surface area contributed by atoms with Crippen molar-refractivity contribution in [2.24, 2.45) is 0 Å². The molecule has 0 radical (unpaired) electrons. The van der Waals surface area contributed by atoms with Gasteiger partial charge in [0.1, 0.15) is 23.9 Å². The highest BCUT2D eigenvalue weighted by Crippen LogP contribution is 2.35. The first-order chi connectivity index (χ1) is 13.6. The molecule has 0 aliphatic carbocycles. The lowest BCUT2D eigenvalue weighted by atomic mass is 10.1. The second kappa shape index (κ2) is 7.90. The Morgan fingerprint density at radius 2 is 1.68 bits per heavy atom. The van der Waals surface area contributed by atoms with Gasteiger partial charge in [-0.15, -0.1) is 0 Å². The fourth-order valence-electron chi connectivity index (χ4n) is 2.86. The zero-order valence-corrected chi connectivity index (χ0v) is 16.7. The molecule has 0 fully saturated rings. The van der Waals surface area contributed by atoms with Crippen molar-refractivity contribution in [2.45, 2.75) is 6.61 Å². The van der Waals surface area contributed by atoms with Crippen LogP contribution in [0.3, 0.4) is 0 Å². The Bertz CT molecular complexity index is 1040.